The molecule has 0 aliphatic heterocycles. The fourth-order valence-corrected chi connectivity index (χ4v) is 6.55. The third-order valence-electron chi connectivity index (χ3n) is 8.05. The molecule has 0 radical (unpaired) electrons. The number of rotatable bonds is 8. The summed E-state index contributed by atoms with van der Waals surface area (Å²) in [5.74, 6) is 1.26. The van der Waals surface area contributed by atoms with Crippen molar-refractivity contribution in [2.24, 2.45) is 11.8 Å². The monoisotopic (exact) mass is 537 g/mol. The summed E-state index contributed by atoms with van der Waals surface area (Å²) in [6.45, 7) is 4.09. The summed E-state index contributed by atoms with van der Waals surface area (Å²) in [5, 5.41) is 29.2. The highest BCUT2D eigenvalue weighted by Crippen LogP contribution is 2.45. The number of aryl methyl sites for hydroxylation is 1. The van der Waals surface area contributed by atoms with Gasteiger partial charge in [0.25, 0.3) is 0 Å². The van der Waals surface area contributed by atoms with Gasteiger partial charge in [0.15, 0.2) is 0 Å². The SMILES string of the molecule is Cc1nc(N[C@H](C)C2CC2)nc(N[C@@H]2C[C@H](C(=O)N(C)C)[C@@H](O)[C@H]2O)c1-c1nc2c(C3CC3)nccc2s1. The number of nitrogens with one attached hydrogen (secondary N) is 2. The number of nitrogens with zero attached hydrogens (tertiary/aromatic N) is 5. The number of thiazole rings is 1. The number of hydrogen-bond donors (Lipinski definition) is 4. The van der Waals surface area contributed by atoms with Crippen LogP contribution in [0, 0.1) is 18.8 Å². The fourth-order valence-electron chi connectivity index (χ4n) is 5.48. The average Bonchev–Trinajstić information content (AvgIpc) is 3.80. The fraction of sp³-hybridized carbons (Fsp3) is 0.593. The lowest BCUT2D eigenvalue weighted by molar-refractivity contribution is -0.136. The van der Waals surface area contributed by atoms with Crippen LogP contribution in [0.2, 0.25) is 0 Å². The van der Waals surface area contributed by atoms with Crippen LogP contribution in [-0.2, 0) is 4.79 Å². The minimum atomic E-state index is -1.16. The predicted octanol–water partition coefficient (Wildman–Crippen LogP) is 3.15. The van der Waals surface area contributed by atoms with Gasteiger partial charge in [0.05, 0.1) is 39.7 Å². The average molecular weight is 538 g/mol. The molecule has 11 heteroatoms. The molecule has 38 heavy (non-hydrogen) atoms. The summed E-state index contributed by atoms with van der Waals surface area (Å²) in [5.41, 5.74) is 3.51. The second-order valence-corrected chi connectivity index (χ2v) is 12.3. The van der Waals surface area contributed by atoms with E-state index in [2.05, 4.69) is 22.5 Å². The van der Waals surface area contributed by atoms with Crippen molar-refractivity contribution in [2.45, 2.75) is 76.2 Å². The molecule has 6 rings (SSSR count). The zero-order valence-corrected chi connectivity index (χ0v) is 23.0. The van der Waals surface area contributed by atoms with Gasteiger partial charge in [-0.15, -0.1) is 11.3 Å². The molecule has 3 aliphatic carbocycles. The van der Waals surface area contributed by atoms with Crippen LogP contribution >= 0.6 is 11.3 Å². The summed E-state index contributed by atoms with van der Waals surface area (Å²) >= 11 is 1.58. The first-order valence-electron chi connectivity index (χ1n) is 13.5. The van der Waals surface area contributed by atoms with Crippen molar-refractivity contribution in [3.63, 3.8) is 0 Å². The van der Waals surface area contributed by atoms with Crippen LogP contribution in [0.1, 0.15) is 56.3 Å². The third-order valence-corrected chi connectivity index (χ3v) is 9.09. The quantitative estimate of drug-likeness (QED) is 0.342. The molecule has 0 bridgehead atoms. The number of fused-ring (bicyclic) bond motifs is 1. The maximum Gasteiger partial charge on any atom is 0.227 e. The predicted molar refractivity (Wildman–Crippen MR) is 147 cm³/mol. The van der Waals surface area contributed by atoms with Crippen LogP contribution in [0.4, 0.5) is 11.8 Å². The van der Waals surface area contributed by atoms with Crippen LogP contribution in [0.5, 0.6) is 0 Å². The van der Waals surface area contributed by atoms with E-state index in [-0.39, 0.29) is 11.9 Å². The number of carbonyl (C=O) groups is 1. The van der Waals surface area contributed by atoms with E-state index < -0.39 is 24.2 Å². The van der Waals surface area contributed by atoms with Crippen molar-refractivity contribution in [2.75, 3.05) is 24.7 Å². The molecule has 0 aromatic carbocycles. The van der Waals surface area contributed by atoms with Crippen molar-refractivity contribution in [1.82, 2.24) is 24.8 Å². The number of aliphatic hydroxyl groups is 2. The zero-order valence-electron chi connectivity index (χ0n) is 22.2. The Kier molecular flexibility index (Phi) is 6.48. The van der Waals surface area contributed by atoms with E-state index in [4.69, 9.17) is 15.0 Å². The third kappa shape index (κ3) is 4.71. The zero-order chi connectivity index (χ0) is 26.7. The van der Waals surface area contributed by atoms with E-state index >= 15 is 0 Å². The molecule has 0 spiro atoms. The Bertz CT molecular complexity index is 1370. The molecule has 3 aromatic heterocycles. The number of aromatic nitrogens is 4. The van der Waals surface area contributed by atoms with Crippen LogP contribution in [0.25, 0.3) is 20.8 Å². The molecule has 0 unspecified atom stereocenters. The smallest absolute Gasteiger partial charge is 0.227 e. The standard InChI is InChI=1S/C27H35N7O3S/c1-12(14-5-6-14)29-27-30-13(2)19(25-32-21-18(38-25)9-10-28-20(21)15-7-8-15)24(33-27)31-17-11-16(22(35)23(17)36)26(37)34(3)4/h9-10,12,14-17,22-23,35-36H,5-8,11H2,1-4H3,(H2,29,30,31,33)/t12-,16+,17-,22-,23+/m1/s1. The number of aliphatic hydroxyl groups excluding tert-OH is 2. The van der Waals surface area contributed by atoms with Crippen LogP contribution in [0.3, 0.4) is 0 Å². The van der Waals surface area contributed by atoms with E-state index in [9.17, 15) is 15.0 Å². The van der Waals surface area contributed by atoms with E-state index in [1.54, 1.807) is 25.4 Å². The van der Waals surface area contributed by atoms with Crippen molar-refractivity contribution >= 4 is 39.2 Å². The number of carbonyl (C=O) groups excluding carboxylic acids is 1. The lowest BCUT2D eigenvalue weighted by Crippen LogP contribution is -2.38. The van der Waals surface area contributed by atoms with E-state index in [1.165, 1.54) is 17.7 Å². The molecule has 4 N–H and O–H groups in total. The van der Waals surface area contributed by atoms with Crippen LogP contribution < -0.4 is 10.6 Å². The van der Waals surface area contributed by atoms with Crippen molar-refractivity contribution in [1.29, 1.82) is 0 Å². The number of hydrogen-bond acceptors (Lipinski definition) is 10. The number of pyridine rings is 1. The van der Waals surface area contributed by atoms with Gasteiger partial charge in [-0.05, 0) is 57.9 Å². The molecule has 10 nitrogen and oxygen atoms in total. The molecule has 3 fully saturated rings. The Labute approximate surface area is 225 Å². The molecule has 0 saturated heterocycles. The highest BCUT2D eigenvalue weighted by Gasteiger charge is 2.46. The van der Waals surface area contributed by atoms with Crippen LogP contribution in [-0.4, -0.2) is 79.3 Å². The van der Waals surface area contributed by atoms with Gasteiger partial charge in [-0.25, -0.2) is 9.97 Å². The molecule has 202 valence electrons. The lowest BCUT2D eigenvalue weighted by Gasteiger charge is -2.22. The molecule has 1 amide bonds. The van der Waals surface area contributed by atoms with Gasteiger partial charge >= 0.3 is 0 Å². The summed E-state index contributed by atoms with van der Waals surface area (Å²) in [6, 6.07) is 1.69. The summed E-state index contributed by atoms with van der Waals surface area (Å²) in [6.07, 6.45) is 4.55. The normalized spacial score (nSPS) is 25.9. The van der Waals surface area contributed by atoms with Gasteiger partial charge in [-0.1, -0.05) is 0 Å². The maximum atomic E-state index is 12.7. The van der Waals surface area contributed by atoms with Gasteiger partial charge in [-0.2, -0.15) is 4.98 Å². The second kappa shape index (κ2) is 9.69. The molecular weight excluding hydrogens is 502 g/mol. The highest BCUT2D eigenvalue weighted by atomic mass is 32.1. The Morgan fingerprint density at radius 3 is 2.58 bits per heavy atom. The first-order chi connectivity index (χ1) is 18.2. The Balaban J connectivity index is 1.38. The van der Waals surface area contributed by atoms with E-state index in [1.807, 2.05) is 19.2 Å². The Morgan fingerprint density at radius 1 is 1.13 bits per heavy atom. The largest absolute Gasteiger partial charge is 0.390 e. The number of amides is 1. The van der Waals surface area contributed by atoms with Gasteiger partial charge in [0.2, 0.25) is 11.9 Å². The van der Waals surface area contributed by atoms with Crippen molar-refractivity contribution in [3.8, 4) is 10.6 Å². The van der Waals surface area contributed by atoms with Crippen molar-refractivity contribution in [3.05, 3.63) is 23.7 Å². The maximum absolute atomic E-state index is 12.7. The molecule has 3 aromatic rings. The highest BCUT2D eigenvalue weighted by molar-refractivity contribution is 7.21. The molecule has 3 aliphatic rings. The van der Waals surface area contributed by atoms with Gasteiger partial charge in [0, 0.05) is 32.3 Å². The molecule has 3 saturated carbocycles. The topological polar surface area (TPSA) is 136 Å². The Hall–Kier alpha value is -2.89. The van der Waals surface area contributed by atoms with Crippen molar-refractivity contribution < 1.29 is 15.0 Å². The minimum Gasteiger partial charge on any atom is -0.390 e. The van der Waals surface area contributed by atoms with Crippen LogP contribution in [0.15, 0.2) is 12.3 Å². The summed E-state index contributed by atoms with van der Waals surface area (Å²) in [4.78, 5) is 33.4. The van der Waals surface area contributed by atoms with E-state index in [0.29, 0.717) is 30.0 Å². The van der Waals surface area contributed by atoms with Gasteiger partial charge in [-0.3, -0.25) is 9.78 Å². The second-order valence-electron chi connectivity index (χ2n) is 11.3. The first-order valence-corrected chi connectivity index (χ1v) is 14.3. The van der Waals surface area contributed by atoms with E-state index in [0.717, 1.165) is 45.0 Å². The number of anilines is 2. The molecule has 3 heterocycles. The van der Waals surface area contributed by atoms with Gasteiger partial charge in [0.1, 0.15) is 22.4 Å². The van der Waals surface area contributed by atoms with Gasteiger partial charge < -0.3 is 25.7 Å². The summed E-state index contributed by atoms with van der Waals surface area (Å²) in [7, 11) is 3.32. The molecule has 5 atom stereocenters. The summed E-state index contributed by atoms with van der Waals surface area (Å²) < 4.78 is 1.07. The Morgan fingerprint density at radius 2 is 1.89 bits per heavy atom. The minimum absolute atomic E-state index is 0.202. The molecular formula is C27H35N7O3S. The lowest BCUT2D eigenvalue weighted by atomic mass is 10.0. The first kappa shape index (κ1) is 25.4.